The first-order valence-electron chi connectivity index (χ1n) is 12.6. The highest BCUT2D eigenvalue weighted by molar-refractivity contribution is 5.94. The van der Waals surface area contributed by atoms with Crippen molar-refractivity contribution in [3.8, 4) is 5.69 Å². The fraction of sp³-hybridized carbons (Fsp3) is 0.615. The maximum absolute atomic E-state index is 14.0. The summed E-state index contributed by atoms with van der Waals surface area (Å²) >= 11 is 0. The van der Waals surface area contributed by atoms with Gasteiger partial charge in [-0.15, -0.1) is 5.10 Å². The summed E-state index contributed by atoms with van der Waals surface area (Å²) < 4.78 is 6.98. The van der Waals surface area contributed by atoms with E-state index >= 15 is 0 Å². The summed E-state index contributed by atoms with van der Waals surface area (Å²) in [6, 6.07) is 9.77. The maximum atomic E-state index is 14.0. The molecule has 2 heterocycles. The molecule has 2 N–H and O–H groups in total. The molecule has 190 valence electrons. The molecule has 1 spiro atoms. The van der Waals surface area contributed by atoms with Crippen LogP contribution >= 0.6 is 0 Å². The minimum atomic E-state index is -0.770. The van der Waals surface area contributed by atoms with E-state index < -0.39 is 11.9 Å². The first-order chi connectivity index (χ1) is 16.9. The largest absolute Gasteiger partial charge is 0.481 e. The van der Waals surface area contributed by atoms with Crippen LogP contribution in [-0.4, -0.2) is 76.3 Å². The van der Waals surface area contributed by atoms with Gasteiger partial charge in [0, 0.05) is 44.8 Å². The number of hydrogen-bond acceptors (Lipinski definition) is 6. The van der Waals surface area contributed by atoms with Gasteiger partial charge in [-0.1, -0.05) is 37.3 Å². The van der Waals surface area contributed by atoms with Crippen molar-refractivity contribution < 1.29 is 19.4 Å². The van der Waals surface area contributed by atoms with Crippen molar-refractivity contribution in [1.29, 1.82) is 0 Å². The van der Waals surface area contributed by atoms with Gasteiger partial charge in [0.05, 0.1) is 17.3 Å². The van der Waals surface area contributed by atoms with E-state index in [-0.39, 0.29) is 23.3 Å². The van der Waals surface area contributed by atoms with Crippen LogP contribution in [0.1, 0.15) is 55.7 Å². The number of carboxylic acids is 1. The third kappa shape index (κ3) is 5.56. The van der Waals surface area contributed by atoms with E-state index in [4.69, 9.17) is 4.74 Å². The molecule has 2 aliphatic rings. The van der Waals surface area contributed by atoms with Gasteiger partial charge >= 0.3 is 5.97 Å². The number of carbonyl (C=O) groups is 2. The van der Waals surface area contributed by atoms with Crippen molar-refractivity contribution in [3.05, 3.63) is 41.7 Å². The van der Waals surface area contributed by atoms with Crippen LogP contribution in [0.15, 0.2) is 30.3 Å². The molecule has 35 heavy (non-hydrogen) atoms. The summed E-state index contributed by atoms with van der Waals surface area (Å²) in [5.74, 6) is -1.02. The average Bonchev–Trinajstić information content (AvgIpc) is 3.34. The number of benzene rings is 1. The van der Waals surface area contributed by atoms with Gasteiger partial charge < -0.3 is 20.1 Å². The SMILES string of the molecule is COCCCCc1c(C(=O)N(CC(C)C)C2CC23CNC[C@H](C(=O)O)C3)nnn1-c1ccccc1. The molecular formula is C26H37N5O4. The van der Waals surface area contributed by atoms with Gasteiger partial charge in [0.15, 0.2) is 5.69 Å². The number of methoxy groups -OCH3 is 1. The fourth-order valence-electron chi connectivity index (χ4n) is 5.37. The monoisotopic (exact) mass is 483 g/mol. The molecule has 1 aromatic heterocycles. The number of aliphatic carboxylic acids is 1. The molecule has 1 aliphatic carbocycles. The lowest BCUT2D eigenvalue weighted by molar-refractivity contribution is -0.143. The summed E-state index contributed by atoms with van der Waals surface area (Å²) in [6.07, 6.45) is 3.82. The summed E-state index contributed by atoms with van der Waals surface area (Å²) in [5, 5.41) is 21.6. The third-order valence-electron chi connectivity index (χ3n) is 7.19. The number of aromatic nitrogens is 3. The number of unbranched alkanes of at least 4 members (excludes halogenated alkanes) is 1. The van der Waals surface area contributed by atoms with Crippen LogP contribution in [0.4, 0.5) is 0 Å². The van der Waals surface area contributed by atoms with Gasteiger partial charge in [-0.25, -0.2) is 4.68 Å². The predicted molar refractivity (Wildman–Crippen MR) is 131 cm³/mol. The molecule has 4 rings (SSSR count). The van der Waals surface area contributed by atoms with E-state index in [1.54, 1.807) is 11.8 Å². The highest BCUT2D eigenvalue weighted by Crippen LogP contribution is 2.55. The van der Waals surface area contributed by atoms with Crippen molar-refractivity contribution in [2.45, 2.75) is 52.0 Å². The molecule has 1 aliphatic heterocycles. The predicted octanol–water partition coefficient (Wildman–Crippen LogP) is 2.79. The quantitative estimate of drug-likeness (QED) is 0.473. The summed E-state index contributed by atoms with van der Waals surface area (Å²) in [4.78, 5) is 27.6. The van der Waals surface area contributed by atoms with E-state index in [9.17, 15) is 14.7 Å². The number of ether oxygens (including phenoxy) is 1. The minimum absolute atomic E-state index is 0.00951. The van der Waals surface area contributed by atoms with E-state index in [2.05, 4.69) is 29.5 Å². The van der Waals surface area contributed by atoms with Gasteiger partial charge in [-0.05, 0) is 50.2 Å². The molecule has 9 heteroatoms. The van der Waals surface area contributed by atoms with Crippen LogP contribution in [0.3, 0.4) is 0 Å². The molecule has 1 saturated carbocycles. The van der Waals surface area contributed by atoms with Gasteiger partial charge in [-0.3, -0.25) is 9.59 Å². The first kappa shape index (κ1) is 25.3. The Balaban J connectivity index is 1.62. The van der Waals surface area contributed by atoms with Crippen LogP contribution in [0, 0.1) is 17.3 Å². The number of carbonyl (C=O) groups excluding carboxylic acids is 1. The number of nitrogens with one attached hydrogen (secondary N) is 1. The lowest BCUT2D eigenvalue weighted by Crippen LogP contribution is -2.46. The number of amides is 1. The Labute approximate surface area is 206 Å². The highest BCUT2D eigenvalue weighted by Gasteiger charge is 2.60. The molecule has 2 aromatic rings. The van der Waals surface area contributed by atoms with Crippen molar-refractivity contribution >= 4 is 11.9 Å². The molecule has 1 aromatic carbocycles. The summed E-state index contributed by atoms with van der Waals surface area (Å²) in [6.45, 7) is 6.69. The van der Waals surface area contributed by atoms with Crippen molar-refractivity contribution in [2.24, 2.45) is 17.3 Å². The lowest BCUT2D eigenvalue weighted by atomic mass is 9.87. The van der Waals surface area contributed by atoms with Crippen LogP contribution in [0.5, 0.6) is 0 Å². The van der Waals surface area contributed by atoms with Crippen LogP contribution in [-0.2, 0) is 16.0 Å². The second-order valence-electron chi connectivity index (χ2n) is 10.4. The number of piperidine rings is 1. The summed E-state index contributed by atoms with van der Waals surface area (Å²) in [7, 11) is 1.69. The zero-order valence-electron chi connectivity index (χ0n) is 20.9. The third-order valence-corrected chi connectivity index (χ3v) is 7.19. The molecule has 0 bridgehead atoms. The lowest BCUT2D eigenvalue weighted by Gasteiger charge is -2.32. The molecule has 0 radical (unpaired) electrons. The first-order valence-corrected chi connectivity index (χ1v) is 12.6. The van der Waals surface area contributed by atoms with E-state index in [1.807, 2.05) is 35.2 Å². The Morgan fingerprint density at radius 1 is 1.26 bits per heavy atom. The molecule has 2 unspecified atom stereocenters. The van der Waals surface area contributed by atoms with Crippen molar-refractivity contribution in [2.75, 3.05) is 33.4 Å². The Morgan fingerprint density at radius 2 is 2.03 bits per heavy atom. The number of nitrogens with zero attached hydrogens (tertiary/aromatic N) is 4. The normalized spacial score (nSPS) is 23.5. The fourth-order valence-corrected chi connectivity index (χ4v) is 5.37. The van der Waals surface area contributed by atoms with E-state index in [0.29, 0.717) is 38.2 Å². The Bertz CT molecular complexity index is 1020. The van der Waals surface area contributed by atoms with E-state index in [1.165, 1.54) is 0 Å². The second kappa shape index (κ2) is 10.9. The molecule has 3 atom stereocenters. The maximum Gasteiger partial charge on any atom is 0.307 e. The van der Waals surface area contributed by atoms with Gasteiger partial charge in [0.25, 0.3) is 5.91 Å². The molecule has 1 amide bonds. The van der Waals surface area contributed by atoms with Crippen molar-refractivity contribution in [1.82, 2.24) is 25.2 Å². The van der Waals surface area contributed by atoms with E-state index in [0.717, 1.165) is 37.2 Å². The van der Waals surface area contributed by atoms with Gasteiger partial charge in [-0.2, -0.15) is 0 Å². The average molecular weight is 484 g/mol. The Hall–Kier alpha value is -2.78. The molecular weight excluding hydrogens is 446 g/mol. The molecule has 2 fully saturated rings. The number of para-hydroxylation sites is 1. The van der Waals surface area contributed by atoms with Gasteiger partial charge in [0.1, 0.15) is 0 Å². The number of hydrogen-bond donors (Lipinski definition) is 2. The minimum Gasteiger partial charge on any atom is -0.481 e. The molecule has 1 saturated heterocycles. The van der Waals surface area contributed by atoms with Crippen LogP contribution < -0.4 is 5.32 Å². The molecule has 9 nitrogen and oxygen atoms in total. The summed E-state index contributed by atoms with van der Waals surface area (Å²) in [5.41, 5.74) is 1.90. The zero-order valence-corrected chi connectivity index (χ0v) is 20.9. The standard InChI is InChI=1S/C26H37N5O4/c1-18(2)16-30(22-14-26(22)13-19(25(33)34)15-27-17-26)24(32)23-21(11-7-8-12-35-3)31(29-28-23)20-9-5-4-6-10-20/h4-6,9-10,18-19,22,27H,7-8,11-17H2,1-3H3,(H,33,34)/t19-,22?,26?/m1/s1. The van der Waals surface area contributed by atoms with Crippen LogP contribution in [0.2, 0.25) is 0 Å². The highest BCUT2D eigenvalue weighted by atomic mass is 16.5. The topological polar surface area (TPSA) is 110 Å². The Morgan fingerprint density at radius 3 is 2.71 bits per heavy atom. The number of carboxylic acid groups (broad SMARTS) is 1. The smallest absolute Gasteiger partial charge is 0.307 e. The second-order valence-corrected chi connectivity index (χ2v) is 10.4. The van der Waals surface area contributed by atoms with Gasteiger partial charge in [0.2, 0.25) is 0 Å². The zero-order chi connectivity index (χ0) is 25.0. The number of rotatable bonds is 11. The van der Waals surface area contributed by atoms with Crippen LogP contribution in [0.25, 0.3) is 5.69 Å². The Kier molecular flexibility index (Phi) is 7.86. The van der Waals surface area contributed by atoms with Crippen molar-refractivity contribution in [3.63, 3.8) is 0 Å².